The smallest absolute Gasteiger partial charge is 0.254 e. The zero-order valence-electron chi connectivity index (χ0n) is 10.3. The van der Waals surface area contributed by atoms with Crippen LogP contribution in [-0.2, 0) is 0 Å². The summed E-state index contributed by atoms with van der Waals surface area (Å²) in [7, 11) is 0. The van der Waals surface area contributed by atoms with Gasteiger partial charge in [-0.15, -0.1) is 0 Å². The number of anilines is 1. The Morgan fingerprint density at radius 2 is 2.20 bits per heavy atom. The normalized spacial score (nSPS) is 12.2. The largest absolute Gasteiger partial charge is 0.396 e. The standard InChI is InChI=1S/C13H12F2N2O2S/c14-8-3-9(12(15)10(16)4-8)13(19)17-5-11(18)7-1-2-20-6-7/h1-4,6,11,18H,5,16H2,(H,17,19). The number of hydrogen-bond donors (Lipinski definition) is 3. The number of hydrogen-bond acceptors (Lipinski definition) is 4. The fraction of sp³-hybridized carbons (Fsp3) is 0.154. The van der Waals surface area contributed by atoms with Crippen molar-refractivity contribution in [2.45, 2.75) is 6.10 Å². The van der Waals surface area contributed by atoms with E-state index in [2.05, 4.69) is 5.32 Å². The maximum Gasteiger partial charge on any atom is 0.254 e. The van der Waals surface area contributed by atoms with E-state index in [0.29, 0.717) is 5.56 Å². The highest BCUT2D eigenvalue weighted by Crippen LogP contribution is 2.18. The summed E-state index contributed by atoms with van der Waals surface area (Å²) in [5, 5.41) is 15.6. The van der Waals surface area contributed by atoms with Crippen molar-refractivity contribution in [3.63, 3.8) is 0 Å². The molecule has 0 aliphatic heterocycles. The lowest BCUT2D eigenvalue weighted by molar-refractivity contribution is 0.0912. The van der Waals surface area contributed by atoms with Gasteiger partial charge in [-0.1, -0.05) is 0 Å². The molecule has 0 aliphatic rings. The fourth-order valence-electron chi connectivity index (χ4n) is 1.64. The van der Waals surface area contributed by atoms with Crippen molar-refractivity contribution in [2.24, 2.45) is 0 Å². The highest BCUT2D eigenvalue weighted by molar-refractivity contribution is 7.07. The third-order valence-corrected chi connectivity index (χ3v) is 3.40. The molecule has 0 fully saturated rings. The predicted molar refractivity (Wildman–Crippen MR) is 72.4 cm³/mol. The molecule has 0 saturated carbocycles. The molecule has 4 nitrogen and oxygen atoms in total. The molecule has 0 spiro atoms. The summed E-state index contributed by atoms with van der Waals surface area (Å²) < 4.78 is 26.7. The van der Waals surface area contributed by atoms with Crippen LogP contribution < -0.4 is 11.1 Å². The van der Waals surface area contributed by atoms with E-state index in [1.807, 2.05) is 0 Å². The van der Waals surface area contributed by atoms with Crippen LogP contribution in [-0.4, -0.2) is 17.6 Å². The van der Waals surface area contributed by atoms with Gasteiger partial charge in [0.2, 0.25) is 0 Å². The van der Waals surface area contributed by atoms with Crippen LogP contribution in [0, 0.1) is 11.6 Å². The second-order valence-corrected chi connectivity index (χ2v) is 4.92. The first-order valence-corrected chi connectivity index (χ1v) is 6.66. The summed E-state index contributed by atoms with van der Waals surface area (Å²) in [6.45, 7) is -0.106. The van der Waals surface area contributed by atoms with Crippen molar-refractivity contribution >= 4 is 22.9 Å². The van der Waals surface area contributed by atoms with Gasteiger partial charge in [0, 0.05) is 6.54 Å². The number of carbonyl (C=O) groups is 1. The van der Waals surface area contributed by atoms with Gasteiger partial charge in [0.05, 0.1) is 17.4 Å². The van der Waals surface area contributed by atoms with Gasteiger partial charge in [-0.25, -0.2) is 8.78 Å². The molecule has 1 atom stereocenters. The molecule has 1 aromatic heterocycles. The van der Waals surface area contributed by atoms with Crippen molar-refractivity contribution in [1.82, 2.24) is 5.32 Å². The summed E-state index contributed by atoms with van der Waals surface area (Å²) in [4.78, 5) is 11.8. The monoisotopic (exact) mass is 298 g/mol. The number of rotatable bonds is 4. The van der Waals surface area contributed by atoms with Crippen LogP contribution >= 0.6 is 11.3 Å². The lowest BCUT2D eigenvalue weighted by atomic mass is 10.1. The first-order chi connectivity index (χ1) is 9.49. The minimum atomic E-state index is -0.978. The summed E-state index contributed by atoms with van der Waals surface area (Å²) in [5.74, 6) is -2.61. The molecular formula is C13H12F2N2O2S. The van der Waals surface area contributed by atoms with Crippen molar-refractivity contribution in [1.29, 1.82) is 0 Å². The molecule has 0 bridgehead atoms. The number of thiophene rings is 1. The summed E-state index contributed by atoms with van der Waals surface area (Å²) in [5.41, 5.74) is 4.97. The number of benzene rings is 1. The van der Waals surface area contributed by atoms with Gasteiger partial charge in [-0.3, -0.25) is 4.79 Å². The van der Waals surface area contributed by atoms with Crippen LogP contribution in [0.15, 0.2) is 29.0 Å². The zero-order valence-corrected chi connectivity index (χ0v) is 11.1. The first-order valence-electron chi connectivity index (χ1n) is 5.72. The van der Waals surface area contributed by atoms with Gasteiger partial charge < -0.3 is 16.2 Å². The molecule has 1 aromatic carbocycles. The third kappa shape index (κ3) is 3.12. The Labute approximate surface area is 117 Å². The molecule has 4 N–H and O–H groups in total. The molecule has 0 aliphatic carbocycles. The van der Waals surface area contributed by atoms with Crippen molar-refractivity contribution in [3.8, 4) is 0 Å². The SMILES string of the molecule is Nc1cc(F)cc(C(=O)NCC(O)c2ccsc2)c1F. The molecule has 0 saturated heterocycles. The Morgan fingerprint density at radius 1 is 1.45 bits per heavy atom. The molecule has 2 rings (SSSR count). The number of aliphatic hydroxyl groups excluding tert-OH is 1. The lowest BCUT2D eigenvalue weighted by Crippen LogP contribution is -2.29. The minimum absolute atomic E-state index is 0.106. The average Bonchev–Trinajstić information content (AvgIpc) is 2.93. The number of nitrogen functional groups attached to an aromatic ring is 1. The van der Waals surface area contributed by atoms with Gasteiger partial charge in [0.1, 0.15) is 5.82 Å². The minimum Gasteiger partial charge on any atom is -0.396 e. The van der Waals surface area contributed by atoms with E-state index < -0.39 is 34.9 Å². The van der Waals surface area contributed by atoms with E-state index >= 15 is 0 Å². The van der Waals surface area contributed by atoms with Crippen LogP contribution in [0.1, 0.15) is 22.0 Å². The van der Waals surface area contributed by atoms with Crippen LogP contribution in [0.25, 0.3) is 0 Å². The first kappa shape index (κ1) is 14.4. The summed E-state index contributed by atoms with van der Waals surface area (Å²) in [6.07, 6.45) is -0.904. The van der Waals surface area contributed by atoms with Crippen LogP contribution in [0.4, 0.5) is 14.5 Å². The average molecular weight is 298 g/mol. The Bertz CT molecular complexity index is 617. The second-order valence-electron chi connectivity index (χ2n) is 4.14. The van der Waals surface area contributed by atoms with Crippen molar-refractivity contribution < 1.29 is 18.7 Å². The topological polar surface area (TPSA) is 75.4 Å². The number of nitrogens with two attached hydrogens (primary N) is 1. The fourth-order valence-corrected chi connectivity index (χ4v) is 2.35. The highest BCUT2D eigenvalue weighted by atomic mass is 32.1. The zero-order chi connectivity index (χ0) is 14.7. The third-order valence-electron chi connectivity index (χ3n) is 2.69. The van der Waals surface area contributed by atoms with Crippen molar-refractivity contribution in [2.75, 3.05) is 12.3 Å². The van der Waals surface area contributed by atoms with Crippen LogP contribution in [0.3, 0.4) is 0 Å². The Kier molecular flexibility index (Phi) is 4.31. The highest BCUT2D eigenvalue weighted by Gasteiger charge is 2.17. The molecule has 1 unspecified atom stereocenters. The lowest BCUT2D eigenvalue weighted by Gasteiger charge is -2.11. The van der Waals surface area contributed by atoms with E-state index in [-0.39, 0.29) is 6.54 Å². The number of halogens is 2. The molecule has 7 heteroatoms. The van der Waals surface area contributed by atoms with E-state index in [1.165, 1.54) is 11.3 Å². The van der Waals surface area contributed by atoms with E-state index in [9.17, 15) is 18.7 Å². The number of amides is 1. The molecule has 1 amide bonds. The predicted octanol–water partition coefficient (Wildman–Crippen LogP) is 2.07. The van der Waals surface area contributed by atoms with Gasteiger partial charge in [-0.2, -0.15) is 11.3 Å². The quantitative estimate of drug-likeness (QED) is 0.756. The number of aliphatic hydroxyl groups is 1. The van der Waals surface area contributed by atoms with Crippen molar-refractivity contribution in [3.05, 3.63) is 51.7 Å². The molecule has 0 radical (unpaired) electrons. The van der Waals surface area contributed by atoms with E-state index in [1.54, 1.807) is 16.8 Å². The van der Waals surface area contributed by atoms with E-state index in [0.717, 1.165) is 12.1 Å². The Balaban J connectivity index is 2.06. The summed E-state index contributed by atoms with van der Waals surface area (Å²) in [6, 6.07) is 3.27. The molecule has 20 heavy (non-hydrogen) atoms. The maximum atomic E-state index is 13.6. The van der Waals surface area contributed by atoms with Crippen LogP contribution in [0.5, 0.6) is 0 Å². The maximum absolute atomic E-state index is 13.6. The molecule has 2 aromatic rings. The summed E-state index contributed by atoms with van der Waals surface area (Å²) >= 11 is 1.41. The second kappa shape index (κ2) is 5.98. The number of nitrogens with one attached hydrogen (secondary N) is 1. The van der Waals surface area contributed by atoms with E-state index in [4.69, 9.17) is 5.73 Å². The molecular weight excluding hydrogens is 286 g/mol. The Morgan fingerprint density at radius 3 is 2.85 bits per heavy atom. The molecule has 1 heterocycles. The number of carbonyl (C=O) groups excluding carboxylic acids is 1. The van der Waals surface area contributed by atoms with Gasteiger partial charge in [-0.05, 0) is 34.5 Å². The van der Waals surface area contributed by atoms with Crippen LogP contribution in [0.2, 0.25) is 0 Å². The molecule has 106 valence electrons. The van der Waals surface area contributed by atoms with Gasteiger partial charge >= 0.3 is 0 Å². The van der Waals surface area contributed by atoms with Gasteiger partial charge in [0.15, 0.2) is 5.82 Å². The van der Waals surface area contributed by atoms with Gasteiger partial charge in [0.25, 0.3) is 5.91 Å². The Hall–Kier alpha value is -1.99.